The predicted octanol–water partition coefficient (Wildman–Crippen LogP) is 2.44. The van der Waals surface area contributed by atoms with Crippen molar-refractivity contribution in [2.75, 3.05) is 6.54 Å². The third-order valence-corrected chi connectivity index (χ3v) is 3.84. The van der Waals surface area contributed by atoms with Crippen molar-refractivity contribution in [3.63, 3.8) is 0 Å². The van der Waals surface area contributed by atoms with Crippen LogP contribution in [0.5, 0.6) is 0 Å². The fourth-order valence-corrected chi connectivity index (χ4v) is 2.56. The molecule has 5 heteroatoms. The van der Waals surface area contributed by atoms with Crippen LogP contribution < -0.4 is 0 Å². The molecule has 0 fully saturated rings. The van der Waals surface area contributed by atoms with E-state index in [9.17, 15) is 9.59 Å². The molecule has 2 heterocycles. The average Bonchev–Trinajstić information content (AvgIpc) is 2.65. The van der Waals surface area contributed by atoms with Gasteiger partial charge in [-0.3, -0.25) is 9.59 Å². The minimum Gasteiger partial charge on any atom is -0.314 e. The van der Waals surface area contributed by atoms with E-state index in [-0.39, 0.29) is 11.7 Å². The van der Waals surface area contributed by atoms with Crippen molar-refractivity contribution in [2.45, 2.75) is 6.42 Å². The molecule has 0 aromatic carbocycles. The Morgan fingerprint density at radius 1 is 1.53 bits per heavy atom. The van der Waals surface area contributed by atoms with Crippen LogP contribution in [0.15, 0.2) is 27.5 Å². The minimum atomic E-state index is -0.0631. The maximum Gasteiger partial charge on any atom is 0.259 e. The molecule has 0 atom stereocenters. The van der Waals surface area contributed by atoms with Gasteiger partial charge < -0.3 is 4.90 Å². The molecular weight excluding hydrogens is 278 g/mol. The van der Waals surface area contributed by atoms with Crippen molar-refractivity contribution in [1.82, 2.24) is 4.90 Å². The Morgan fingerprint density at radius 3 is 2.87 bits per heavy atom. The van der Waals surface area contributed by atoms with Gasteiger partial charge in [-0.15, -0.1) is 11.3 Å². The molecule has 15 heavy (non-hydrogen) atoms. The molecule has 1 aliphatic heterocycles. The number of carbonyl (C=O) groups is 2. The van der Waals surface area contributed by atoms with Gasteiger partial charge in [-0.2, -0.15) is 0 Å². The number of carbonyl (C=O) groups excluding carboxylic acids is 2. The Labute approximate surface area is 99.5 Å². The SMILES string of the molecule is O=C1C=CN(C(=O)c2ccsc2Br)CC1. The largest absolute Gasteiger partial charge is 0.314 e. The number of nitrogens with zero attached hydrogens (tertiary/aromatic N) is 1. The number of halogens is 1. The highest BCUT2D eigenvalue weighted by Crippen LogP contribution is 2.25. The molecule has 0 aliphatic carbocycles. The van der Waals surface area contributed by atoms with E-state index in [1.165, 1.54) is 17.4 Å². The normalized spacial score (nSPS) is 15.8. The number of hydrogen-bond donors (Lipinski definition) is 0. The molecule has 0 radical (unpaired) electrons. The Morgan fingerprint density at radius 2 is 2.33 bits per heavy atom. The van der Waals surface area contributed by atoms with Gasteiger partial charge in [0.1, 0.15) is 0 Å². The molecule has 0 saturated heterocycles. The molecule has 1 amide bonds. The minimum absolute atomic E-state index is 0.0631. The first-order chi connectivity index (χ1) is 7.18. The van der Waals surface area contributed by atoms with E-state index in [0.29, 0.717) is 18.5 Å². The molecule has 2 rings (SSSR count). The summed E-state index contributed by atoms with van der Waals surface area (Å²) in [5.41, 5.74) is 0.652. The van der Waals surface area contributed by atoms with Gasteiger partial charge in [0, 0.05) is 19.2 Å². The average molecular weight is 286 g/mol. The summed E-state index contributed by atoms with van der Waals surface area (Å²) < 4.78 is 0.831. The van der Waals surface area contributed by atoms with E-state index in [1.54, 1.807) is 17.2 Å². The van der Waals surface area contributed by atoms with Crippen LogP contribution in [0.3, 0.4) is 0 Å². The lowest BCUT2D eigenvalue weighted by Crippen LogP contribution is -2.30. The van der Waals surface area contributed by atoms with E-state index < -0.39 is 0 Å². The monoisotopic (exact) mass is 285 g/mol. The Balaban J connectivity index is 2.19. The van der Waals surface area contributed by atoms with Crippen LogP contribution in [0.25, 0.3) is 0 Å². The third-order valence-electron chi connectivity index (χ3n) is 2.15. The number of rotatable bonds is 1. The molecule has 1 aromatic heterocycles. The quantitative estimate of drug-likeness (QED) is 0.795. The maximum absolute atomic E-state index is 11.9. The second kappa shape index (κ2) is 4.28. The predicted molar refractivity (Wildman–Crippen MR) is 61.8 cm³/mol. The van der Waals surface area contributed by atoms with Crippen LogP contribution in [-0.4, -0.2) is 23.1 Å². The fraction of sp³-hybridized carbons (Fsp3) is 0.200. The van der Waals surface area contributed by atoms with Crippen molar-refractivity contribution in [3.05, 3.63) is 33.1 Å². The highest BCUT2D eigenvalue weighted by Gasteiger charge is 2.20. The summed E-state index contributed by atoms with van der Waals surface area (Å²) in [6, 6.07) is 1.78. The van der Waals surface area contributed by atoms with Gasteiger partial charge in [0.15, 0.2) is 5.78 Å². The second-order valence-corrected chi connectivity index (χ2v) is 5.37. The lowest BCUT2D eigenvalue weighted by molar-refractivity contribution is -0.115. The topological polar surface area (TPSA) is 37.4 Å². The molecule has 0 unspecified atom stereocenters. The lowest BCUT2D eigenvalue weighted by Gasteiger charge is -2.20. The van der Waals surface area contributed by atoms with E-state index >= 15 is 0 Å². The molecule has 0 saturated carbocycles. The van der Waals surface area contributed by atoms with Gasteiger partial charge in [0.05, 0.1) is 9.35 Å². The van der Waals surface area contributed by atoms with Gasteiger partial charge >= 0.3 is 0 Å². The zero-order chi connectivity index (χ0) is 10.8. The van der Waals surface area contributed by atoms with Gasteiger partial charge in [0.2, 0.25) is 0 Å². The molecule has 0 N–H and O–H groups in total. The van der Waals surface area contributed by atoms with Crippen molar-refractivity contribution in [1.29, 1.82) is 0 Å². The summed E-state index contributed by atoms with van der Waals surface area (Å²) in [5.74, 6) is 0.00955. The van der Waals surface area contributed by atoms with Crippen molar-refractivity contribution in [2.24, 2.45) is 0 Å². The number of thiophene rings is 1. The van der Waals surface area contributed by atoms with E-state index in [2.05, 4.69) is 15.9 Å². The smallest absolute Gasteiger partial charge is 0.259 e. The standard InChI is InChI=1S/C10H8BrNO2S/c11-9-8(3-6-15-9)10(14)12-4-1-7(13)2-5-12/h1,3-4,6H,2,5H2. The highest BCUT2D eigenvalue weighted by molar-refractivity contribution is 9.11. The van der Waals surface area contributed by atoms with Gasteiger partial charge in [0.25, 0.3) is 5.91 Å². The number of amides is 1. The summed E-state index contributed by atoms with van der Waals surface area (Å²) >= 11 is 4.80. The van der Waals surface area contributed by atoms with Crippen molar-refractivity contribution >= 4 is 39.0 Å². The van der Waals surface area contributed by atoms with Crippen LogP contribution in [0.1, 0.15) is 16.8 Å². The van der Waals surface area contributed by atoms with Gasteiger partial charge in [-0.05, 0) is 33.5 Å². The molecule has 1 aliphatic rings. The van der Waals surface area contributed by atoms with Crippen LogP contribution >= 0.6 is 27.3 Å². The van der Waals surface area contributed by atoms with Crippen LogP contribution in [0.4, 0.5) is 0 Å². The Hall–Kier alpha value is -0.940. The second-order valence-electron chi connectivity index (χ2n) is 3.14. The summed E-state index contributed by atoms with van der Waals surface area (Å²) in [5, 5.41) is 1.86. The summed E-state index contributed by atoms with van der Waals surface area (Å²) in [4.78, 5) is 24.4. The Bertz CT molecular complexity index is 438. The molecule has 3 nitrogen and oxygen atoms in total. The number of allylic oxidation sites excluding steroid dienone is 1. The number of hydrogen-bond acceptors (Lipinski definition) is 3. The van der Waals surface area contributed by atoms with E-state index in [0.717, 1.165) is 3.79 Å². The molecule has 1 aromatic rings. The first-order valence-corrected chi connectivity index (χ1v) is 6.11. The lowest BCUT2D eigenvalue weighted by atomic mass is 10.2. The van der Waals surface area contributed by atoms with Crippen molar-refractivity contribution in [3.8, 4) is 0 Å². The van der Waals surface area contributed by atoms with Crippen LogP contribution in [-0.2, 0) is 4.79 Å². The fourth-order valence-electron chi connectivity index (χ4n) is 1.33. The summed E-state index contributed by atoms with van der Waals surface area (Å²) in [6.45, 7) is 0.469. The first kappa shape index (κ1) is 10.6. The molecule has 0 spiro atoms. The van der Waals surface area contributed by atoms with Crippen LogP contribution in [0, 0.1) is 0 Å². The zero-order valence-electron chi connectivity index (χ0n) is 7.77. The summed E-state index contributed by atoms with van der Waals surface area (Å²) in [7, 11) is 0. The van der Waals surface area contributed by atoms with Gasteiger partial charge in [-0.25, -0.2) is 0 Å². The first-order valence-electron chi connectivity index (χ1n) is 4.43. The van der Waals surface area contributed by atoms with Gasteiger partial charge in [-0.1, -0.05) is 0 Å². The third kappa shape index (κ3) is 2.18. The summed E-state index contributed by atoms with van der Waals surface area (Å²) in [6.07, 6.45) is 3.41. The van der Waals surface area contributed by atoms with Crippen LogP contribution in [0.2, 0.25) is 0 Å². The zero-order valence-corrected chi connectivity index (χ0v) is 10.2. The molecular formula is C10H8BrNO2S. The maximum atomic E-state index is 11.9. The molecule has 0 bridgehead atoms. The van der Waals surface area contributed by atoms with Crippen molar-refractivity contribution < 1.29 is 9.59 Å². The van der Waals surface area contributed by atoms with E-state index in [1.807, 2.05) is 5.38 Å². The highest BCUT2D eigenvalue weighted by atomic mass is 79.9. The Kier molecular flexibility index (Phi) is 3.02. The van der Waals surface area contributed by atoms with E-state index in [4.69, 9.17) is 0 Å². The molecule has 78 valence electrons. The number of ketones is 1.